The quantitative estimate of drug-likeness (QED) is 0.749. The van der Waals surface area contributed by atoms with E-state index in [-0.39, 0.29) is 23.4 Å². The summed E-state index contributed by atoms with van der Waals surface area (Å²) in [6.45, 7) is 2.08. The summed E-state index contributed by atoms with van der Waals surface area (Å²) in [6, 6.07) is 10.8. The van der Waals surface area contributed by atoms with Crippen LogP contribution >= 0.6 is 11.8 Å². The Morgan fingerprint density at radius 2 is 1.88 bits per heavy atom. The van der Waals surface area contributed by atoms with Gasteiger partial charge in [0.15, 0.2) is 0 Å². The minimum atomic E-state index is -0.0173. The monoisotopic (exact) mass is 243 g/mol. The molecule has 2 aliphatic heterocycles. The molecule has 0 spiro atoms. The van der Waals surface area contributed by atoms with E-state index < -0.39 is 0 Å². The van der Waals surface area contributed by atoms with Gasteiger partial charge >= 0.3 is 0 Å². The number of thioether (sulfide) groups is 1. The largest absolute Gasteiger partial charge is 0.364 e. The molecule has 0 saturated carbocycles. The van der Waals surface area contributed by atoms with Gasteiger partial charge in [-0.3, -0.25) is 0 Å². The molecule has 2 aliphatic rings. The molecule has 0 amide bonds. The molecular formula is C14H13NOS. The molecular weight excluding hydrogens is 230 g/mol. The summed E-state index contributed by atoms with van der Waals surface area (Å²) in [5, 5.41) is 9.44. The minimum absolute atomic E-state index is 0.00736. The molecule has 3 rings (SSSR count). The molecule has 2 heterocycles. The van der Waals surface area contributed by atoms with E-state index in [1.54, 1.807) is 11.8 Å². The zero-order chi connectivity index (χ0) is 11.8. The van der Waals surface area contributed by atoms with Crippen molar-refractivity contribution in [1.29, 1.82) is 5.26 Å². The van der Waals surface area contributed by atoms with Crippen LogP contribution in [-0.4, -0.2) is 17.5 Å². The van der Waals surface area contributed by atoms with Gasteiger partial charge in [-0.15, -0.1) is 11.8 Å². The highest BCUT2D eigenvalue weighted by molar-refractivity contribution is 8.00. The maximum absolute atomic E-state index is 9.20. The normalized spacial score (nSPS) is 33.9. The van der Waals surface area contributed by atoms with E-state index >= 15 is 0 Å². The molecule has 0 aromatic heterocycles. The molecule has 17 heavy (non-hydrogen) atoms. The van der Waals surface area contributed by atoms with Crippen LogP contribution in [0.5, 0.6) is 0 Å². The lowest BCUT2D eigenvalue weighted by molar-refractivity contribution is 0.115. The summed E-state index contributed by atoms with van der Waals surface area (Å²) in [5.41, 5.74) is 1.26. The van der Waals surface area contributed by atoms with Crippen molar-refractivity contribution >= 4 is 11.8 Å². The van der Waals surface area contributed by atoms with Crippen molar-refractivity contribution in [1.82, 2.24) is 0 Å². The maximum atomic E-state index is 9.20. The summed E-state index contributed by atoms with van der Waals surface area (Å²) < 4.78 is 5.73. The lowest BCUT2D eigenvalue weighted by Crippen LogP contribution is -2.25. The molecule has 0 unspecified atom stereocenters. The van der Waals surface area contributed by atoms with E-state index in [1.807, 2.05) is 6.08 Å². The van der Waals surface area contributed by atoms with Gasteiger partial charge in [0.1, 0.15) is 0 Å². The van der Waals surface area contributed by atoms with Crippen molar-refractivity contribution in [3.63, 3.8) is 0 Å². The first kappa shape index (κ1) is 10.9. The summed E-state index contributed by atoms with van der Waals surface area (Å²) >= 11 is 1.76. The van der Waals surface area contributed by atoms with Crippen LogP contribution in [0.2, 0.25) is 0 Å². The molecule has 4 atom stereocenters. The van der Waals surface area contributed by atoms with Crippen molar-refractivity contribution in [3.05, 3.63) is 42.0 Å². The van der Waals surface area contributed by atoms with Crippen LogP contribution in [-0.2, 0) is 4.74 Å². The zero-order valence-electron chi connectivity index (χ0n) is 9.54. The number of nitrogens with zero attached hydrogens (tertiary/aromatic N) is 1. The van der Waals surface area contributed by atoms with E-state index in [4.69, 9.17) is 4.74 Å². The third-order valence-electron chi connectivity index (χ3n) is 3.28. The average molecular weight is 243 g/mol. The second-order valence-electron chi connectivity index (χ2n) is 4.50. The highest BCUT2D eigenvalue weighted by atomic mass is 32.2. The average Bonchev–Trinajstić information content (AvgIpc) is 2.92. The summed E-state index contributed by atoms with van der Waals surface area (Å²) in [4.78, 5) is 1.21. The van der Waals surface area contributed by atoms with Crippen molar-refractivity contribution in [2.75, 3.05) is 0 Å². The molecule has 86 valence electrons. The summed E-state index contributed by atoms with van der Waals surface area (Å²) in [6.07, 6.45) is 4.22. The molecule has 2 bridgehead atoms. The molecule has 1 aromatic carbocycles. The van der Waals surface area contributed by atoms with Gasteiger partial charge in [-0.05, 0) is 19.1 Å². The standard InChI is InChI=1S/C14H13NOS/c1-9-2-4-10(5-3-9)17-14-11(8-15)12-6-7-13(14)16-12/h2-7,11-14H,1H3/t11-,12-,13+,14-/m1/s1. The number of hydrogen-bond donors (Lipinski definition) is 0. The van der Waals surface area contributed by atoms with Crippen molar-refractivity contribution < 1.29 is 4.74 Å². The van der Waals surface area contributed by atoms with Crippen LogP contribution < -0.4 is 0 Å². The number of benzene rings is 1. The molecule has 1 aromatic rings. The molecule has 1 saturated heterocycles. The van der Waals surface area contributed by atoms with Gasteiger partial charge in [-0.2, -0.15) is 5.26 Å². The van der Waals surface area contributed by atoms with E-state index in [9.17, 15) is 5.26 Å². The van der Waals surface area contributed by atoms with Gasteiger partial charge in [-0.1, -0.05) is 29.8 Å². The lowest BCUT2D eigenvalue weighted by atomic mass is 9.95. The van der Waals surface area contributed by atoms with E-state index in [0.29, 0.717) is 0 Å². The maximum Gasteiger partial charge on any atom is 0.0935 e. The fourth-order valence-corrected chi connectivity index (χ4v) is 3.59. The minimum Gasteiger partial charge on any atom is -0.364 e. The molecule has 2 nitrogen and oxygen atoms in total. The van der Waals surface area contributed by atoms with Crippen LogP contribution in [0.25, 0.3) is 0 Å². The van der Waals surface area contributed by atoms with E-state index in [2.05, 4.69) is 43.3 Å². The highest BCUT2D eigenvalue weighted by Gasteiger charge is 2.46. The van der Waals surface area contributed by atoms with Crippen molar-refractivity contribution in [3.8, 4) is 6.07 Å². The Morgan fingerprint density at radius 3 is 2.59 bits per heavy atom. The van der Waals surface area contributed by atoms with Crippen LogP contribution in [0.4, 0.5) is 0 Å². The first-order chi connectivity index (χ1) is 8.28. The Kier molecular flexibility index (Phi) is 2.70. The fraction of sp³-hybridized carbons (Fsp3) is 0.357. The Labute approximate surface area is 105 Å². The van der Waals surface area contributed by atoms with Crippen LogP contribution in [0.3, 0.4) is 0 Å². The number of hydrogen-bond acceptors (Lipinski definition) is 3. The van der Waals surface area contributed by atoms with Gasteiger partial charge in [0.05, 0.1) is 29.4 Å². The van der Waals surface area contributed by atoms with Gasteiger partial charge in [-0.25, -0.2) is 0 Å². The number of rotatable bonds is 2. The predicted molar refractivity (Wildman–Crippen MR) is 67.7 cm³/mol. The fourth-order valence-electron chi connectivity index (χ4n) is 2.34. The summed E-state index contributed by atoms with van der Waals surface area (Å²) in [5.74, 6) is -0.0173. The Balaban J connectivity index is 1.79. The topological polar surface area (TPSA) is 33.0 Å². The third-order valence-corrected chi connectivity index (χ3v) is 4.66. The van der Waals surface area contributed by atoms with E-state index in [1.165, 1.54) is 10.5 Å². The third kappa shape index (κ3) is 1.88. The first-order valence-corrected chi connectivity index (χ1v) is 6.62. The Hall–Kier alpha value is -1.24. The van der Waals surface area contributed by atoms with Gasteiger partial charge in [0.25, 0.3) is 0 Å². The van der Waals surface area contributed by atoms with Crippen LogP contribution in [0.15, 0.2) is 41.3 Å². The molecule has 0 N–H and O–H groups in total. The second-order valence-corrected chi connectivity index (χ2v) is 5.75. The summed E-state index contributed by atoms with van der Waals surface area (Å²) in [7, 11) is 0. The number of aryl methyl sites for hydroxylation is 1. The highest BCUT2D eigenvalue weighted by Crippen LogP contribution is 2.43. The Morgan fingerprint density at radius 1 is 1.18 bits per heavy atom. The Bertz CT molecular complexity index is 488. The van der Waals surface area contributed by atoms with E-state index in [0.717, 1.165) is 0 Å². The molecule has 3 heteroatoms. The lowest BCUT2D eigenvalue weighted by Gasteiger charge is -2.19. The van der Waals surface area contributed by atoms with Gasteiger partial charge in [0, 0.05) is 4.90 Å². The van der Waals surface area contributed by atoms with Crippen LogP contribution in [0.1, 0.15) is 5.56 Å². The molecule has 0 radical (unpaired) electrons. The number of ether oxygens (including phenoxy) is 1. The second kappa shape index (κ2) is 4.21. The predicted octanol–water partition coefficient (Wildman–Crippen LogP) is 2.93. The first-order valence-electron chi connectivity index (χ1n) is 5.74. The smallest absolute Gasteiger partial charge is 0.0935 e. The van der Waals surface area contributed by atoms with Crippen LogP contribution in [0, 0.1) is 24.2 Å². The zero-order valence-corrected chi connectivity index (χ0v) is 10.4. The van der Waals surface area contributed by atoms with Crippen molar-refractivity contribution in [2.24, 2.45) is 5.92 Å². The van der Waals surface area contributed by atoms with Gasteiger partial charge in [0.2, 0.25) is 0 Å². The SMILES string of the molecule is Cc1ccc(S[C@@H]2[C@H](C#N)[C@H]3C=C[C@@H]2O3)cc1. The molecule has 0 aliphatic carbocycles. The van der Waals surface area contributed by atoms with Gasteiger partial charge < -0.3 is 4.74 Å². The molecule has 1 fully saturated rings. The number of fused-ring (bicyclic) bond motifs is 2. The van der Waals surface area contributed by atoms with Crippen molar-refractivity contribution in [2.45, 2.75) is 29.3 Å². The number of nitriles is 1.